The lowest BCUT2D eigenvalue weighted by molar-refractivity contribution is -0.155. The van der Waals surface area contributed by atoms with Crippen molar-refractivity contribution in [2.45, 2.75) is 49.8 Å². The van der Waals surface area contributed by atoms with E-state index in [2.05, 4.69) is 36.9 Å². The first kappa shape index (κ1) is 22.2. The lowest BCUT2D eigenvalue weighted by Gasteiger charge is -2.44. The number of ether oxygens (including phenoxy) is 1. The first-order valence-electron chi connectivity index (χ1n) is 11.0. The van der Waals surface area contributed by atoms with E-state index < -0.39 is 17.2 Å². The Labute approximate surface area is 198 Å². The number of hydrogen-bond acceptors (Lipinski definition) is 6. The number of piperazine rings is 1. The molecule has 2 unspecified atom stereocenters. The van der Waals surface area contributed by atoms with Crippen molar-refractivity contribution in [3.05, 3.63) is 51.9 Å². The molecule has 1 saturated carbocycles. The van der Waals surface area contributed by atoms with Gasteiger partial charge in [-0.15, -0.1) is 0 Å². The highest BCUT2D eigenvalue weighted by atomic mass is 79.9. The maximum absolute atomic E-state index is 14.7. The Morgan fingerprint density at radius 3 is 2.52 bits per heavy atom. The molecule has 2 aliphatic heterocycles. The molecule has 33 heavy (non-hydrogen) atoms. The van der Waals surface area contributed by atoms with Gasteiger partial charge < -0.3 is 14.5 Å². The normalized spacial score (nSPS) is 23.2. The summed E-state index contributed by atoms with van der Waals surface area (Å²) in [6, 6.07) is 5.94. The van der Waals surface area contributed by atoms with Gasteiger partial charge in [0.25, 0.3) is 0 Å². The van der Waals surface area contributed by atoms with Gasteiger partial charge in [0.2, 0.25) is 5.91 Å². The summed E-state index contributed by atoms with van der Waals surface area (Å²) in [4.78, 5) is 25.1. The van der Waals surface area contributed by atoms with Crippen molar-refractivity contribution in [1.82, 2.24) is 14.9 Å². The molecule has 4 heterocycles. The predicted molar refractivity (Wildman–Crippen MR) is 118 cm³/mol. The second-order valence-electron chi connectivity index (χ2n) is 8.83. The zero-order chi connectivity index (χ0) is 23.2. The molecule has 0 aromatic carbocycles. The summed E-state index contributed by atoms with van der Waals surface area (Å²) in [5.74, 6) is -0.903. The Morgan fingerprint density at radius 2 is 1.94 bits per heavy atom. The smallest absolute Gasteiger partial charge is 0.248 e. The maximum Gasteiger partial charge on any atom is 0.248 e. The minimum absolute atomic E-state index is 0.0655. The van der Waals surface area contributed by atoms with Crippen LogP contribution in [-0.4, -0.2) is 52.6 Å². The van der Waals surface area contributed by atoms with Crippen LogP contribution >= 0.6 is 15.9 Å². The molecule has 7 nitrogen and oxygen atoms in total. The molecule has 2 bridgehead atoms. The van der Waals surface area contributed by atoms with Gasteiger partial charge in [-0.3, -0.25) is 4.79 Å². The molecule has 2 saturated heterocycles. The van der Waals surface area contributed by atoms with E-state index in [9.17, 15) is 13.6 Å². The SMILES string of the molecule is N#Cc1ccc(N2C3CCC2CN(C(=O)COC2(c4c(F)cnc(Br)c4F)CCC2)C3)nc1. The quantitative estimate of drug-likeness (QED) is 0.562. The van der Waals surface area contributed by atoms with Crippen LogP contribution in [0, 0.1) is 23.0 Å². The first-order valence-corrected chi connectivity index (χ1v) is 11.8. The number of amides is 1. The molecule has 2 aromatic rings. The lowest BCUT2D eigenvalue weighted by atomic mass is 9.74. The molecule has 5 rings (SSSR count). The molecule has 0 N–H and O–H groups in total. The largest absolute Gasteiger partial charge is 0.360 e. The number of anilines is 1. The number of aromatic nitrogens is 2. The number of hydrogen-bond donors (Lipinski definition) is 0. The molecular weight excluding hydrogens is 496 g/mol. The van der Waals surface area contributed by atoms with E-state index in [-0.39, 0.29) is 34.8 Å². The second kappa shape index (κ2) is 8.61. The van der Waals surface area contributed by atoms with Crippen LogP contribution in [0.2, 0.25) is 0 Å². The molecule has 0 radical (unpaired) electrons. The van der Waals surface area contributed by atoms with Crippen molar-refractivity contribution >= 4 is 27.7 Å². The molecule has 0 spiro atoms. The van der Waals surface area contributed by atoms with Gasteiger partial charge >= 0.3 is 0 Å². The van der Waals surface area contributed by atoms with E-state index in [0.29, 0.717) is 31.5 Å². The summed E-state index contributed by atoms with van der Waals surface area (Å²) in [6.07, 6.45) is 6.11. The Bertz CT molecular complexity index is 1110. The zero-order valence-corrected chi connectivity index (χ0v) is 19.4. The zero-order valence-electron chi connectivity index (χ0n) is 17.8. The van der Waals surface area contributed by atoms with E-state index in [0.717, 1.165) is 31.3 Å². The number of nitriles is 1. The summed E-state index contributed by atoms with van der Waals surface area (Å²) < 4.78 is 35.0. The standard InChI is InChI=1S/C23H22BrF2N5O2/c24-22-21(26)20(17(25)10-29-22)23(6-1-7-23)33-13-19(32)30-11-15-3-4-16(12-30)31(15)18-5-2-14(8-27)9-28-18/h2,5,9-10,15-16H,1,3-4,6-7,11-13H2. The predicted octanol–water partition coefficient (Wildman–Crippen LogP) is 3.66. The van der Waals surface area contributed by atoms with Crippen molar-refractivity contribution in [1.29, 1.82) is 5.26 Å². The minimum atomic E-state index is -1.14. The monoisotopic (exact) mass is 517 g/mol. The molecule has 2 aromatic heterocycles. The Kier molecular flexibility index (Phi) is 5.79. The van der Waals surface area contributed by atoms with Crippen molar-refractivity contribution in [3.63, 3.8) is 0 Å². The van der Waals surface area contributed by atoms with E-state index in [1.807, 2.05) is 6.07 Å². The number of likely N-dealkylation sites (tertiary alicyclic amines) is 1. The second-order valence-corrected chi connectivity index (χ2v) is 9.58. The molecule has 10 heteroatoms. The number of carbonyl (C=O) groups is 1. The van der Waals surface area contributed by atoms with Crippen LogP contribution < -0.4 is 4.90 Å². The molecule has 2 atom stereocenters. The maximum atomic E-state index is 14.7. The van der Waals surface area contributed by atoms with E-state index in [4.69, 9.17) is 10.00 Å². The summed E-state index contributed by atoms with van der Waals surface area (Å²) in [5.41, 5.74) is -0.779. The third-order valence-electron chi connectivity index (χ3n) is 7.00. The van der Waals surface area contributed by atoms with Gasteiger partial charge in [-0.25, -0.2) is 18.7 Å². The third kappa shape index (κ3) is 3.87. The Hall–Kier alpha value is -2.64. The van der Waals surface area contributed by atoms with Crippen LogP contribution in [0.3, 0.4) is 0 Å². The molecule has 3 fully saturated rings. The average molecular weight is 518 g/mol. The van der Waals surface area contributed by atoms with Crippen molar-refractivity contribution in [2.75, 3.05) is 24.6 Å². The van der Waals surface area contributed by atoms with Crippen LogP contribution in [0.5, 0.6) is 0 Å². The van der Waals surface area contributed by atoms with Gasteiger partial charge in [0.1, 0.15) is 23.1 Å². The Balaban J connectivity index is 1.26. The highest BCUT2D eigenvalue weighted by Gasteiger charge is 2.46. The summed E-state index contributed by atoms with van der Waals surface area (Å²) >= 11 is 3.01. The van der Waals surface area contributed by atoms with Crippen LogP contribution in [-0.2, 0) is 15.1 Å². The lowest BCUT2D eigenvalue weighted by Crippen LogP contribution is -2.56. The van der Waals surface area contributed by atoms with Crippen molar-refractivity contribution < 1.29 is 18.3 Å². The number of pyridine rings is 2. The van der Waals surface area contributed by atoms with Gasteiger partial charge in [0.15, 0.2) is 11.6 Å². The Morgan fingerprint density at radius 1 is 1.21 bits per heavy atom. The third-order valence-corrected chi connectivity index (χ3v) is 7.55. The van der Waals surface area contributed by atoms with Gasteiger partial charge in [-0.05, 0) is 60.2 Å². The fraction of sp³-hybridized carbons (Fsp3) is 0.478. The number of halogens is 3. The van der Waals surface area contributed by atoms with Crippen LogP contribution in [0.15, 0.2) is 29.1 Å². The average Bonchev–Trinajstić information content (AvgIpc) is 3.06. The first-order chi connectivity index (χ1) is 15.9. The van der Waals surface area contributed by atoms with Gasteiger partial charge in [-0.2, -0.15) is 5.26 Å². The van der Waals surface area contributed by atoms with Gasteiger partial charge in [0, 0.05) is 31.4 Å². The summed E-state index contributed by atoms with van der Waals surface area (Å²) in [6.45, 7) is 0.848. The number of nitrogens with zero attached hydrogens (tertiary/aromatic N) is 5. The summed E-state index contributed by atoms with van der Waals surface area (Å²) in [5, 5.41) is 8.99. The van der Waals surface area contributed by atoms with Gasteiger partial charge in [-0.1, -0.05) is 0 Å². The number of rotatable bonds is 5. The molecule has 1 aliphatic carbocycles. The summed E-state index contributed by atoms with van der Waals surface area (Å²) in [7, 11) is 0. The highest BCUT2D eigenvalue weighted by Crippen LogP contribution is 2.47. The topological polar surface area (TPSA) is 82.4 Å². The minimum Gasteiger partial charge on any atom is -0.360 e. The molecule has 1 amide bonds. The van der Waals surface area contributed by atoms with E-state index in [1.54, 1.807) is 17.2 Å². The molecule has 3 aliphatic rings. The number of carbonyl (C=O) groups excluding carboxylic acids is 1. The van der Waals surface area contributed by atoms with Gasteiger partial charge in [0.05, 0.1) is 22.9 Å². The fourth-order valence-electron chi connectivity index (χ4n) is 5.20. The number of fused-ring (bicyclic) bond motifs is 2. The molecule has 172 valence electrons. The van der Waals surface area contributed by atoms with Crippen LogP contribution in [0.4, 0.5) is 14.6 Å². The van der Waals surface area contributed by atoms with Crippen molar-refractivity contribution in [3.8, 4) is 6.07 Å². The van der Waals surface area contributed by atoms with Crippen LogP contribution in [0.25, 0.3) is 0 Å². The van der Waals surface area contributed by atoms with Crippen LogP contribution in [0.1, 0.15) is 43.2 Å². The van der Waals surface area contributed by atoms with E-state index >= 15 is 0 Å². The molecular formula is C23H22BrF2N5O2. The highest BCUT2D eigenvalue weighted by molar-refractivity contribution is 9.10. The fourth-order valence-corrected chi connectivity index (χ4v) is 5.50. The van der Waals surface area contributed by atoms with Crippen molar-refractivity contribution in [2.24, 2.45) is 0 Å². The van der Waals surface area contributed by atoms with E-state index in [1.165, 1.54) is 0 Å².